The van der Waals surface area contributed by atoms with Gasteiger partial charge in [0.25, 0.3) is 5.91 Å². The number of nitrogens with zero attached hydrogens (tertiary/aromatic N) is 4. The lowest BCUT2D eigenvalue weighted by Gasteiger charge is -2.12. The number of sulfonamides is 1. The number of benzene rings is 3. The molecule has 0 saturated heterocycles. The molecule has 9 heteroatoms. The lowest BCUT2D eigenvalue weighted by atomic mass is 10.0. The van der Waals surface area contributed by atoms with Gasteiger partial charge in [-0.2, -0.15) is 5.10 Å². The molecule has 2 aromatic heterocycles. The molecule has 5 aromatic rings. The highest BCUT2D eigenvalue weighted by Crippen LogP contribution is 2.25. The van der Waals surface area contributed by atoms with Crippen LogP contribution in [0.5, 0.6) is 0 Å². The quantitative estimate of drug-likeness (QED) is 0.352. The third-order valence-corrected chi connectivity index (χ3v) is 8.24. The van der Waals surface area contributed by atoms with Gasteiger partial charge in [0.2, 0.25) is 10.0 Å². The number of aryl methyl sites for hydroxylation is 1. The number of rotatable bonds is 7. The van der Waals surface area contributed by atoms with Crippen molar-refractivity contribution < 1.29 is 13.2 Å². The fourth-order valence-corrected chi connectivity index (χ4v) is 5.24. The summed E-state index contributed by atoms with van der Waals surface area (Å²) in [5.41, 5.74) is 11.5. The van der Waals surface area contributed by atoms with E-state index in [9.17, 15) is 13.2 Å². The van der Waals surface area contributed by atoms with Crippen molar-refractivity contribution >= 4 is 26.8 Å². The molecule has 3 aromatic carbocycles. The van der Waals surface area contributed by atoms with E-state index in [-0.39, 0.29) is 10.6 Å². The van der Waals surface area contributed by atoms with Crippen molar-refractivity contribution in [3.63, 3.8) is 0 Å². The van der Waals surface area contributed by atoms with Crippen molar-refractivity contribution in [1.29, 1.82) is 0 Å². The maximum absolute atomic E-state index is 12.3. The van der Waals surface area contributed by atoms with E-state index in [1.807, 2.05) is 49.4 Å². The van der Waals surface area contributed by atoms with Crippen LogP contribution in [0.15, 0.2) is 90.0 Å². The number of primary amides is 1. The van der Waals surface area contributed by atoms with Crippen LogP contribution in [0.3, 0.4) is 0 Å². The molecule has 2 heterocycles. The summed E-state index contributed by atoms with van der Waals surface area (Å²) >= 11 is 0. The van der Waals surface area contributed by atoms with E-state index in [0.29, 0.717) is 6.54 Å². The molecule has 0 aliphatic heterocycles. The van der Waals surface area contributed by atoms with E-state index < -0.39 is 15.9 Å². The van der Waals surface area contributed by atoms with Gasteiger partial charge in [0, 0.05) is 43.4 Å². The Morgan fingerprint density at radius 3 is 2.16 bits per heavy atom. The Labute approximate surface area is 215 Å². The number of aromatic nitrogens is 3. The molecular formula is C28H27N5O3S. The number of carbonyl (C=O) groups excluding carboxylic acids is 1. The maximum atomic E-state index is 12.3. The van der Waals surface area contributed by atoms with Gasteiger partial charge in [-0.3, -0.25) is 4.79 Å². The Morgan fingerprint density at radius 1 is 0.919 bits per heavy atom. The lowest BCUT2D eigenvalue weighted by molar-refractivity contribution is 0.0995. The minimum Gasteiger partial charge on any atom is -0.364 e. The molecule has 0 aliphatic carbocycles. The lowest BCUT2D eigenvalue weighted by Crippen LogP contribution is -2.22. The third kappa shape index (κ3) is 4.66. The zero-order chi connectivity index (χ0) is 26.3. The molecule has 0 saturated carbocycles. The van der Waals surface area contributed by atoms with Crippen molar-refractivity contribution in [2.45, 2.75) is 18.4 Å². The summed E-state index contributed by atoms with van der Waals surface area (Å²) in [7, 11) is -0.397. The summed E-state index contributed by atoms with van der Waals surface area (Å²) in [5.74, 6) is -0.547. The van der Waals surface area contributed by atoms with Crippen LogP contribution in [-0.4, -0.2) is 47.1 Å². The van der Waals surface area contributed by atoms with E-state index in [0.717, 1.165) is 39.0 Å². The van der Waals surface area contributed by atoms with Crippen LogP contribution < -0.4 is 5.73 Å². The first-order chi connectivity index (χ1) is 17.6. The fourth-order valence-electron chi connectivity index (χ4n) is 4.34. The number of hydrogen-bond acceptors (Lipinski definition) is 4. The SMILES string of the molecule is Cc1cc(C(N)=O)nn1-c1ccc2c(ccn2Cc2ccc(-c3ccc(S(=O)(=O)N(C)C)cc3)cc2)c1. The third-order valence-electron chi connectivity index (χ3n) is 6.41. The van der Waals surface area contributed by atoms with Gasteiger partial charge in [-0.1, -0.05) is 36.4 Å². The van der Waals surface area contributed by atoms with Gasteiger partial charge in [-0.05, 0) is 66.1 Å². The molecule has 1 amide bonds. The summed E-state index contributed by atoms with van der Waals surface area (Å²) in [6.07, 6.45) is 2.05. The summed E-state index contributed by atoms with van der Waals surface area (Å²) < 4.78 is 29.7. The van der Waals surface area contributed by atoms with Crippen molar-refractivity contribution in [1.82, 2.24) is 18.7 Å². The normalized spacial score (nSPS) is 11.9. The monoisotopic (exact) mass is 513 g/mol. The first-order valence-corrected chi connectivity index (χ1v) is 13.1. The molecule has 188 valence electrons. The second-order valence-electron chi connectivity index (χ2n) is 9.14. The van der Waals surface area contributed by atoms with Crippen LogP contribution in [0, 0.1) is 6.92 Å². The Bertz CT molecular complexity index is 1710. The zero-order valence-electron chi connectivity index (χ0n) is 20.8. The smallest absolute Gasteiger partial charge is 0.269 e. The number of fused-ring (bicyclic) bond motifs is 1. The summed E-state index contributed by atoms with van der Waals surface area (Å²) in [4.78, 5) is 11.8. The fraction of sp³-hybridized carbons (Fsp3) is 0.143. The number of carbonyl (C=O) groups is 1. The van der Waals surface area contributed by atoms with E-state index >= 15 is 0 Å². The van der Waals surface area contributed by atoms with Gasteiger partial charge in [-0.25, -0.2) is 17.4 Å². The zero-order valence-corrected chi connectivity index (χ0v) is 21.6. The molecule has 8 nitrogen and oxygen atoms in total. The molecule has 2 N–H and O–H groups in total. The molecule has 0 aliphatic rings. The van der Waals surface area contributed by atoms with E-state index in [4.69, 9.17) is 5.73 Å². The van der Waals surface area contributed by atoms with Gasteiger partial charge in [0.05, 0.1) is 10.6 Å². The van der Waals surface area contributed by atoms with Crippen molar-refractivity contribution in [2.75, 3.05) is 14.1 Å². The van der Waals surface area contributed by atoms with Crippen LogP contribution in [0.2, 0.25) is 0 Å². The first kappa shape index (κ1) is 24.5. The molecule has 0 bridgehead atoms. The molecule has 0 unspecified atom stereocenters. The van der Waals surface area contributed by atoms with Crippen LogP contribution in [0.1, 0.15) is 21.7 Å². The van der Waals surface area contributed by atoms with Gasteiger partial charge in [0.1, 0.15) is 0 Å². The van der Waals surface area contributed by atoms with Crippen molar-refractivity contribution in [2.24, 2.45) is 5.73 Å². The topological polar surface area (TPSA) is 103 Å². The van der Waals surface area contributed by atoms with Gasteiger partial charge >= 0.3 is 0 Å². The Morgan fingerprint density at radius 2 is 1.57 bits per heavy atom. The molecule has 0 fully saturated rings. The van der Waals surface area contributed by atoms with Crippen molar-refractivity contribution in [3.8, 4) is 16.8 Å². The summed E-state index contributed by atoms with van der Waals surface area (Å²) in [6, 6.07) is 25.0. The molecular weight excluding hydrogens is 486 g/mol. The molecule has 5 rings (SSSR count). The van der Waals surface area contributed by atoms with Crippen LogP contribution in [0.25, 0.3) is 27.7 Å². The second-order valence-corrected chi connectivity index (χ2v) is 11.3. The summed E-state index contributed by atoms with van der Waals surface area (Å²) in [5, 5.41) is 5.39. The van der Waals surface area contributed by atoms with Crippen LogP contribution in [0.4, 0.5) is 0 Å². The van der Waals surface area contributed by atoms with Crippen LogP contribution in [-0.2, 0) is 16.6 Å². The largest absolute Gasteiger partial charge is 0.364 e. The molecule has 0 radical (unpaired) electrons. The first-order valence-electron chi connectivity index (χ1n) is 11.7. The highest BCUT2D eigenvalue weighted by molar-refractivity contribution is 7.89. The van der Waals surface area contributed by atoms with E-state index in [2.05, 4.69) is 34.1 Å². The number of nitrogens with two attached hydrogens (primary N) is 1. The standard InChI is InChI=1S/C28H27N5O3S/c1-19-16-26(28(29)34)30-33(19)24-10-13-27-23(17-24)14-15-32(27)18-20-4-6-21(7-5-20)22-8-11-25(12-9-22)37(35,36)31(2)3/h4-17H,18H2,1-3H3,(H2,29,34). The Balaban J connectivity index is 1.35. The van der Waals surface area contributed by atoms with E-state index in [1.54, 1.807) is 22.9 Å². The highest BCUT2D eigenvalue weighted by Gasteiger charge is 2.17. The number of hydrogen-bond donors (Lipinski definition) is 1. The van der Waals surface area contributed by atoms with Gasteiger partial charge in [-0.15, -0.1) is 0 Å². The average molecular weight is 514 g/mol. The molecule has 37 heavy (non-hydrogen) atoms. The maximum Gasteiger partial charge on any atom is 0.269 e. The second kappa shape index (κ2) is 9.34. The summed E-state index contributed by atoms with van der Waals surface area (Å²) in [6.45, 7) is 2.59. The minimum absolute atomic E-state index is 0.244. The molecule has 0 atom stereocenters. The number of amides is 1. The minimum atomic E-state index is -3.45. The van der Waals surface area contributed by atoms with Crippen LogP contribution >= 0.6 is 0 Å². The van der Waals surface area contributed by atoms with E-state index in [1.165, 1.54) is 18.4 Å². The highest BCUT2D eigenvalue weighted by atomic mass is 32.2. The predicted octanol–water partition coefficient (Wildman–Crippen LogP) is 4.20. The molecule has 0 spiro atoms. The Hall–Kier alpha value is -4.21. The Kier molecular flexibility index (Phi) is 6.18. The van der Waals surface area contributed by atoms with Crippen molar-refractivity contribution in [3.05, 3.63) is 102 Å². The average Bonchev–Trinajstić information content (AvgIpc) is 3.47. The van der Waals surface area contributed by atoms with Gasteiger partial charge < -0.3 is 10.3 Å². The van der Waals surface area contributed by atoms with Gasteiger partial charge in [0.15, 0.2) is 5.69 Å². The predicted molar refractivity (Wildman–Crippen MR) is 144 cm³/mol.